The van der Waals surface area contributed by atoms with Gasteiger partial charge in [-0.1, -0.05) is 42.5 Å². The summed E-state index contributed by atoms with van der Waals surface area (Å²) in [6.07, 6.45) is -4.81. The predicted molar refractivity (Wildman–Crippen MR) is 117 cm³/mol. The van der Waals surface area contributed by atoms with Gasteiger partial charge in [-0.3, -0.25) is 0 Å². The fourth-order valence-corrected chi connectivity index (χ4v) is 4.11. The zero-order valence-corrected chi connectivity index (χ0v) is 17.7. The van der Waals surface area contributed by atoms with Gasteiger partial charge in [0.15, 0.2) is 5.60 Å². The minimum Gasteiger partial charge on any atom is -0.494 e. The molecule has 0 aromatic heterocycles. The van der Waals surface area contributed by atoms with Gasteiger partial charge in [-0.15, -0.1) is 0 Å². The number of benzene rings is 3. The number of hydrogen-bond acceptors (Lipinski definition) is 4. The summed E-state index contributed by atoms with van der Waals surface area (Å²) < 4.78 is 52.3. The Bertz CT molecular complexity index is 962. The third-order valence-electron chi connectivity index (χ3n) is 4.57. The van der Waals surface area contributed by atoms with Crippen LogP contribution in [0.5, 0.6) is 17.2 Å². The summed E-state index contributed by atoms with van der Waals surface area (Å²) in [5.41, 5.74) is -2.37. The molecule has 1 N–H and O–H groups in total. The van der Waals surface area contributed by atoms with E-state index in [2.05, 4.69) is 0 Å². The Morgan fingerprint density at radius 1 is 0.839 bits per heavy atom. The Kier molecular flexibility index (Phi) is 7.51. The number of para-hydroxylation sites is 1. The number of halogens is 3. The molecule has 0 heterocycles. The second kappa shape index (κ2) is 10.1. The molecular formula is C24H23F3O3S. The number of thioether (sulfide) groups is 1. The average molecular weight is 449 g/mol. The lowest BCUT2D eigenvalue weighted by Crippen LogP contribution is -2.44. The normalized spacial score (nSPS) is 13.5. The molecule has 1 atom stereocenters. The van der Waals surface area contributed by atoms with Gasteiger partial charge in [-0.2, -0.15) is 24.9 Å². The lowest BCUT2D eigenvalue weighted by molar-refractivity contribution is -0.256. The summed E-state index contributed by atoms with van der Waals surface area (Å²) >= 11 is 1.01. The molecule has 3 aromatic rings. The van der Waals surface area contributed by atoms with Crippen LogP contribution < -0.4 is 9.47 Å². The molecule has 0 aliphatic heterocycles. The molecule has 164 valence electrons. The summed E-state index contributed by atoms with van der Waals surface area (Å²) in [6.45, 7) is 2.20. The van der Waals surface area contributed by atoms with Crippen LogP contribution in [0.2, 0.25) is 0 Å². The maximum Gasteiger partial charge on any atom is 0.422 e. The molecule has 0 saturated heterocycles. The average Bonchev–Trinajstić information content (AvgIpc) is 2.75. The van der Waals surface area contributed by atoms with Crippen LogP contribution in [-0.2, 0) is 11.4 Å². The van der Waals surface area contributed by atoms with Crippen molar-refractivity contribution >= 4 is 11.8 Å². The highest BCUT2D eigenvalue weighted by Gasteiger charge is 2.54. The molecule has 7 heteroatoms. The third kappa shape index (κ3) is 5.95. The maximum atomic E-state index is 13.8. The standard InChI is InChI=1S/C24H23F3O3S/c1-2-29-20-13-11-19(12-14-20)23(28,24(25,26)27)17-31-16-18-7-6-10-22(15-18)30-21-8-4-3-5-9-21/h3-15,28H,2,16-17H2,1H3. The number of hydrogen-bond donors (Lipinski definition) is 1. The molecule has 0 saturated carbocycles. The first-order valence-corrected chi connectivity index (χ1v) is 10.9. The molecule has 31 heavy (non-hydrogen) atoms. The molecule has 3 rings (SSSR count). The fourth-order valence-electron chi connectivity index (χ4n) is 2.96. The van der Waals surface area contributed by atoms with Gasteiger partial charge in [-0.25, -0.2) is 0 Å². The van der Waals surface area contributed by atoms with Crippen molar-refractivity contribution in [2.45, 2.75) is 24.5 Å². The van der Waals surface area contributed by atoms with E-state index in [-0.39, 0.29) is 5.56 Å². The first-order valence-electron chi connectivity index (χ1n) is 9.74. The lowest BCUT2D eigenvalue weighted by Gasteiger charge is -2.31. The monoisotopic (exact) mass is 448 g/mol. The summed E-state index contributed by atoms with van der Waals surface area (Å²) in [5, 5.41) is 10.6. The molecule has 1 unspecified atom stereocenters. The molecule has 0 aliphatic rings. The van der Waals surface area contributed by atoms with E-state index in [0.29, 0.717) is 29.6 Å². The second-order valence-corrected chi connectivity index (χ2v) is 7.86. The highest BCUT2D eigenvalue weighted by molar-refractivity contribution is 7.98. The lowest BCUT2D eigenvalue weighted by atomic mass is 9.95. The van der Waals surface area contributed by atoms with Gasteiger partial charge >= 0.3 is 6.18 Å². The summed E-state index contributed by atoms with van der Waals surface area (Å²) in [6, 6.07) is 21.8. The molecule has 0 fully saturated rings. The van der Waals surface area contributed by atoms with Crippen molar-refractivity contribution in [2.24, 2.45) is 0 Å². The number of aliphatic hydroxyl groups is 1. The van der Waals surface area contributed by atoms with Crippen molar-refractivity contribution in [1.29, 1.82) is 0 Å². The van der Waals surface area contributed by atoms with Crippen LogP contribution in [0.3, 0.4) is 0 Å². The SMILES string of the molecule is CCOc1ccc(C(O)(CSCc2cccc(Oc3ccccc3)c2)C(F)(F)F)cc1. The van der Waals surface area contributed by atoms with E-state index in [1.807, 2.05) is 36.4 Å². The van der Waals surface area contributed by atoms with E-state index < -0.39 is 17.5 Å². The summed E-state index contributed by atoms with van der Waals surface area (Å²) in [7, 11) is 0. The van der Waals surface area contributed by atoms with Crippen molar-refractivity contribution in [3.05, 3.63) is 90.0 Å². The molecule has 3 aromatic carbocycles. The topological polar surface area (TPSA) is 38.7 Å². The molecule has 3 nitrogen and oxygen atoms in total. The number of alkyl halides is 3. The Hall–Kier alpha value is -2.64. The fraction of sp³-hybridized carbons (Fsp3) is 0.250. The molecule has 0 aliphatic carbocycles. The summed E-state index contributed by atoms with van der Waals surface area (Å²) in [5.74, 6) is 1.49. The van der Waals surface area contributed by atoms with E-state index in [1.54, 1.807) is 25.1 Å². The van der Waals surface area contributed by atoms with Crippen LogP contribution in [-0.4, -0.2) is 23.6 Å². The van der Waals surface area contributed by atoms with Crippen LogP contribution >= 0.6 is 11.8 Å². The van der Waals surface area contributed by atoms with Crippen molar-refractivity contribution < 1.29 is 27.8 Å². The molecule has 0 amide bonds. The number of rotatable bonds is 9. The largest absolute Gasteiger partial charge is 0.494 e. The quantitative estimate of drug-likeness (QED) is 0.402. The van der Waals surface area contributed by atoms with Crippen molar-refractivity contribution in [2.75, 3.05) is 12.4 Å². The Balaban J connectivity index is 1.68. The number of ether oxygens (including phenoxy) is 2. The molecule has 0 radical (unpaired) electrons. The van der Waals surface area contributed by atoms with Gasteiger partial charge < -0.3 is 14.6 Å². The predicted octanol–water partition coefficient (Wildman–Crippen LogP) is 6.56. The first kappa shape index (κ1) is 23.0. The van der Waals surface area contributed by atoms with Crippen LogP contribution in [0.1, 0.15) is 18.1 Å². The van der Waals surface area contributed by atoms with Crippen LogP contribution in [0.25, 0.3) is 0 Å². The maximum absolute atomic E-state index is 13.8. The van der Waals surface area contributed by atoms with Crippen LogP contribution in [0, 0.1) is 0 Å². The highest BCUT2D eigenvalue weighted by atomic mass is 32.2. The van der Waals surface area contributed by atoms with Crippen molar-refractivity contribution in [1.82, 2.24) is 0 Å². The van der Waals surface area contributed by atoms with Crippen molar-refractivity contribution in [3.8, 4) is 17.2 Å². The first-order chi connectivity index (χ1) is 14.8. The molecule has 0 spiro atoms. The molecule has 0 bridgehead atoms. The highest BCUT2D eigenvalue weighted by Crippen LogP contribution is 2.42. The summed E-state index contributed by atoms with van der Waals surface area (Å²) in [4.78, 5) is 0. The zero-order chi connectivity index (χ0) is 22.3. The van der Waals surface area contributed by atoms with Gasteiger partial charge in [0.2, 0.25) is 0 Å². The zero-order valence-electron chi connectivity index (χ0n) is 16.9. The second-order valence-electron chi connectivity index (χ2n) is 6.87. The van der Waals surface area contributed by atoms with Gasteiger partial charge in [0, 0.05) is 11.5 Å². The minimum absolute atomic E-state index is 0.211. The van der Waals surface area contributed by atoms with Crippen LogP contribution in [0.15, 0.2) is 78.9 Å². The van der Waals surface area contributed by atoms with Gasteiger partial charge in [-0.05, 0) is 54.4 Å². The van der Waals surface area contributed by atoms with Gasteiger partial charge in [0.1, 0.15) is 17.2 Å². The van der Waals surface area contributed by atoms with Gasteiger partial charge in [0.25, 0.3) is 0 Å². The van der Waals surface area contributed by atoms with Gasteiger partial charge in [0.05, 0.1) is 6.61 Å². The van der Waals surface area contributed by atoms with E-state index >= 15 is 0 Å². The van der Waals surface area contributed by atoms with E-state index in [4.69, 9.17) is 9.47 Å². The molecular weight excluding hydrogens is 425 g/mol. The van der Waals surface area contributed by atoms with Crippen LogP contribution in [0.4, 0.5) is 13.2 Å². The van der Waals surface area contributed by atoms with E-state index in [1.165, 1.54) is 24.3 Å². The van der Waals surface area contributed by atoms with E-state index in [9.17, 15) is 18.3 Å². The Morgan fingerprint density at radius 2 is 1.52 bits per heavy atom. The third-order valence-corrected chi connectivity index (χ3v) is 5.73. The van der Waals surface area contributed by atoms with Crippen molar-refractivity contribution in [3.63, 3.8) is 0 Å². The minimum atomic E-state index is -4.81. The Morgan fingerprint density at radius 3 is 2.16 bits per heavy atom. The Labute approximate surface area is 183 Å². The van der Waals surface area contributed by atoms with E-state index in [0.717, 1.165) is 17.3 Å². The smallest absolute Gasteiger partial charge is 0.422 e.